The zero-order chi connectivity index (χ0) is 20.3. The Morgan fingerprint density at radius 3 is 2.39 bits per heavy atom. The van der Waals surface area contributed by atoms with Gasteiger partial charge in [-0.25, -0.2) is 0 Å². The summed E-state index contributed by atoms with van der Waals surface area (Å²) in [6.45, 7) is 1.18. The number of pyridine rings is 1. The number of aromatic nitrogens is 1. The Hall–Kier alpha value is -2.70. The van der Waals surface area contributed by atoms with E-state index in [-0.39, 0.29) is 11.3 Å². The minimum absolute atomic E-state index is 0.0865. The summed E-state index contributed by atoms with van der Waals surface area (Å²) >= 11 is 6.00. The fraction of sp³-hybridized carbons (Fsp3) is 0.286. The van der Waals surface area contributed by atoms with Gasteiger partial charge in [-0.1, -0.05) is 23.7 Å². The van der Waals surface area contributed by atoms with E-state index in [9.17, 15) is 14.7 Å². The molecule has 1 amide bonds. The van der Waals surface area contributed by atoms with Gasteiger partial charge in [-0.2, -0.15) is 0 Å². The zero-order valence-corrected chi connectivity index (χ0v) is 16.6. The van der Waals surface area contributed by atoms with Crippen molar-refractivity contribution in [2.75, 3.05) is 27.2 Å². The maximum atomic E-state index is 12.8. The van der Waals surface area contributed by atoms with Crippen LogP contribution in [0.4, 0.5) is 0 Å². The second-order valence-electron chi connectivity index (χ2n) is 6.94. The van der Waals surface area contributed by atoms with Crippen molar-refractivity contribution in [1.82, 2.24) is 14.8 Å². The first-order valence-corrected chi connectivity index (χ1v) is 9.37. The van der Waals surface area contributed by atoms with Gasteiger partial charge in [-0.15, -0.1) is 0 Å². The lowest BCUT2D eigenvalue weighted by Gasteiger charge is -2.26. The van der Waals surface area contributed by atoms with E-state index in [1.54, 1.807) is 36.4 Å². The average molecular weight is 400 g/mol. The molecule has 1 atom stereocenters. The molecule has 1 aliphatic rings. The molecular formula is C21H22ClN3O3. The van der Waals surface area contributed by atoms with Crippen LogP contribution in [0, 0.1) is 0 Å². The summed E-state index contributed by atoms with van der Waals surface area (Å²) in [5.41, 5.74) is 1.26. The predicted octanol–water partition coefficient (Wildman–Crippen LogP) is 3.11. The smallest absolute Gasteiger partial charge is 0.295 e. The summed E-state index contributed by atoms with van der Waals surface area (Å²) in [6, 6.07) is 9.52. The van der Waals surface area contributed by atoms with E-state index < -0.39 is 17.7 Å². The number of hydrogen-bond acceptors (Lipinski definition) is 5. The highest BCUT2D eigenvalue weighted by molar-refractivity contribution is 6.46. The monoisotopic (exact) mass is 399 g/mol. The van der Waals surface area contributed by atoms with E-state index >= 15 is 0 Å². The van der Waals surface area contributed by atoms with Gasteiger partial charge in [-0.05, 0) is 56.9 Å². The van der Waals surface area contributed by atoms with E-state index in [4.69, 9.17) is 11.6 Å². The van der Waals surface area contributed by atoms with Crippen molar-refractivity contribution in [1.29, 1.82) is 0 Å². The van der Waals surface area contributed by atoms with Gasteiger partial charge in [0.25, 0.3) is 11.7 Å². The number of rotatable bonds is 6. The number of aliphatic hydroxyl groups is 1. The van der Waals surface area contributed by atoms with E-state index in [1.165, 1.54) is 17.3 Å². The Bertz CT molecular complexity index is 895. The number of aliphatic hydroxyl groups excluding tert-OH is 1. The lowest BCUT2D eigenvalue weighted by Crippen LogP contribution is -2.32. The standard InChI is InChI=1S/C21H22ClN3O3/c1-24(2)12-3-13-25-18(14-4-6-16(22)7-5-14)17(20(27)21(25)28)19(26)15-8-10-23-11-9-15/h4-11,18,26H,3,12-13H2,1-2H3. The van der Waals surface area contributed by atoms with Gasteiger partial charge in [0.15, 0.2) is 0 Å². The third-order valence-electron chi connectivity index (χ3n) is 4.68. The summed E-state index contributed by atoms with van der Waals surface area (Å²) in [6.07, 6.45) is 3.76. The molecule has 1 fully saturated rings. The molecule has 7 heteroatoms. The molecule has 0 spiro atoms. The second kappa shape index (κ2) is 8.54. The van der Waals surface area contributed by atoms with Gasteiger partial charge in [0.1, 0.15) is 5.76 Å². The first kappa shape index (κ1) is 20.0. The first-order valence-electron chi connectivity index (χ1n) is 8.99. The summed E-state index contributed by atoms with van der Waals surface area (Å²) < 4.78 is 0. The minimum atomic E-state index is -0.681. The normalized spacial score (nSPS) is 18.9. The van der Waals surface area contributed by atoms with Gasteiger partial charge in [0.2, 0.25) is 0 Å². The number of carbonyl (C=O) groups is 2. The van der Waals surface area contributed by atoms with Crippen molar-refractivity contribution in [2.24, 2.45) is 0 Å². The summed E-state index contributed by atoms with van der Waals surface area (Å²) in [7, 11) is 3.91. The Morgan fingerprint density at radius 1 is 1.14 bits per heavy atom. The highest BCUT2D eigenvalue weighted by atomic mass is 35.5. The highest BCUT2D eigenvalue weighted by Gasteiger charge is 2.45. The third-order valence-corrected chi connectivity index (χ3v) is 4.94. The average Bonchev–Trinajstić information content (AvgIpc) is 2.93. The maximum absolute atomic E-state index is 12.8. The van der Waals surface area contributed by atoms with Gasteiger partial charge >= 0.3 is 0 Å². The molecule has 1 aliphatic heterocycles. The number of halogens is 1. The van der Waals surface area contributed by atoms with Crippen molar-refractivity contribution in [3.63, 3.8) is 0 Å². The van der Waals surface area contributed by atoms with Gasteiger partial charge < -0.3 is 14.9 Å². The molecular weight excluding hydrogens is 378 g/mol. The van der Waals surface area contributed by atoms with Gasteiger partial charge in [0.05, 0.1) is 11.6 Å². The van der Waals surface area contributed by atoms with E-state index in [0.29, 0.717) is 23.6 Å². The number of benzene rings is 1. The van der Waals surface area contributed by atoms with Crippen LogP contribution in [-0.4, -0.2) is 58.8 Å². The van der Waals surface area contributed by atoms with Crippen molar-refractivity contribution in [3.05, 3.63) is 70.5 Å². The fourth-order valence-corrected chi connectivity index (χ4v) is 3.45. The molecule has 0 aliphatic carbocycles. The molecule has 2 aromatic rings. The Kier molecular flexibility index (Phi) is 6.11. The van der Waals surface area contributed by atoms with Crippen LogP contribution in [0.5, 0.6) is 0 Å². The summed E-state index contributed by atoms with van der Waals surface area (Å²) in [4.78, 5) is 33.1. The second-order valence-corrected chi connectivity index (χ2v) is 7.37. The number of amides is 1. The fourth-order valence-electron chi connectivity index (χ4n) is 3.32. The molecule has 0 bridgehead atoms. The van der Waals surface area contributed by atoms with Crippen molar-refractivity contribution >= 4 is 29.1 Å². The molecule has 1 N–H and O–H groups in total. The van der Waals surface area contributed by atoms with Crippen LogP contribution in [0.25, 0.3) is 5.76 Å². The molecule has 2 heterocycles. The summed E-state index contributed by atoms with van der Waals surface area (Å²) in [5, 5.41) is 11.4. The van der Waals surface area contributed by atoms with Gasteiger partial charge in [0, 0.05) is 29.5 Å². The van der Waals surface area contributed by atoms with Crippen LogP contribution in [0.1, 0.15) is 23.6 Å². The highest BCUT2D eigenvalue weighted by Crippen LogP contribution is 2.39. The van der Waals surface area contributed by atoms with Crippen molar-refractivity contribution in [3.8, 4) is 0 Å². The third kappa shape index (κ3) is 4.08. The van der Waals surface area contributed by atoms with Crippen molar-refractivity contribution < 1.29 is 14.7 Å². The lowest BCUT2D eigenvalue weighted by atomic mass is 9.95. The molecule has 1 aromatic heterocycles. The van der Waals surface area contributed by atoms with E-state index in [2.05, 4.69) is 4.98 Å². The quantitative estimate of drug-likeness (QED) is 0.459. The van der Waals surface area contributed by atoms with Gasteiger partial charge in [-0.3, -0.25) is 14.6 Å². The van der Waals surface area contributed by atoms with Crippen LogP contribution in [-0.2, 0) is 9.59 Å². The molecule has 28 heavy (non-hydrogen) atoms. The number of likely N-dealkylation sites (tertiary alicyclic amines) is 1. The number of carbonyl (C=O) groups excluding carboxylic acids is 2. The summed E-state index contributed by atoms with van der Waals surface area (Å²) in [5.74, 6) is -1.48. The number of hydrogen-bond donors (Lipinski definition) is 1. The van der Waals surface area contributed by atoms with E-state index in [0.717, 1.165) is 12.1 Å². The molecule has 6 nitrogen and oxygen atoms in total. The van der Waals surface area contributed by atoms with E-state index in [1.807, 2.05) is 19.0 Å². The van der Waals surface area contributed by atoms with Crippen molar-refractivity contribution in [2.45, 2.75) is 12.5 Å². The van der Waals surface area contributed by atoms with Crippen LogP contribution in [0.3, 0.4) is 0 Å². The maximum Gasteiger partial charge on any atom is 0.295 e. The number of Topliss-reactive ketones (excluding diaryl/α,β-unsaturated/α-hetero) is 1. The molecule has 3 rings (SSSR count). The topological polar surface area (TPSA) is 73.7 Å². The number of ketones is 1. The lowest BCUT2D eigenvalue weighted by molar-refractivity contribution is -0.139. The Balaban J connectivity index is 2.07. The van der Waals surface area contributed by atoms with Crippen LogP contribution in [0.2, 0.25) is 5.02 Å². The van der Waals surface area contributed by atoms with Crippen LogP contribution in [0.15, 0.2) is 54.4 Å². The Labute approximate surface area is 169 Å². The molecule has 1 aromatic carbocycles. The predicted molar refractivity (Wildman–Crippen MR) is 108 cm³/mol. The largest absolute Gasteiger partial charge is 0.507 e. The molecule has 1 saturated heterocycles. The Morgan fingerprint density at radius 2 is 1.79 bits per heavy atom. The zero-order valence-electron chi connectivity index (χ0n) is 15.8. The molecule has 1 unspecified atom stereocenters. The first-order chi connectivity index (χ1) is 13.4. The molecule has 0 radical (unpaired) electrons. The number of nitrogens with zero attached hydrogens (tertiary/aromatic N) is 3. The molecule has 0 saturated carbocycles. The molecule has 146 valence electrons. The van der Waals surface area contributed by atoms with Crippen LogP contribution >= 0.6 is 11.6 Å². The SMILES string of the molecule is CN(C)CCCN1C(=O)C(=O)C(=C(O)c2ccncc2)C1c1ccc(Cl)cc1. The minimum Gasteiger partial charge on any atom is -0.507 e. The van der Waals surface area contributed by atoms with Crippen LogP contribution < -0.4 is 0 Å².